The summed E-state index contributed by atoms with van der Waals surface area (Å²) < 4.78 is 2.06. The first-order valence-corrected chi connectivity index (χ1v) is 11.5. The number of nitrogens with zero attached hydrogens (tertiary/aromatic N) is 4. The van der Waals surface area contributed by atoms with Crippen LogP contribution in [0.5, 0.6) is 0 Å². The van der Waals surface area contributed by atoms with Gasteiger partial charge < -0.3 is 4.57 Å². The quantitative estimate of drug-likeness (QED) is 0.342. The molecule has 148 valence electrons. The van der Waals surface area contributed by atoms with Crippen molar-refractivity contribution in [2.45, 2.75) is 37.6 Å². The molecule has 0 spiro atoms. The van der Waals surface area contributed by atoms with E-state index in [4.69, 9.17) is 4.98 Å². The highest BCUT2D eigenvalue weighted by Crippen LogP contribution is 2.30. The van der Waals surface area contributed by atoms with Gasteiger partial charge in [-0.15, -0.1) is 21.5 Å². The summed E-state index contributed by atoms with van der Waals surface area (Å²) in [6.07, 6.45) is 0. The molecule has 0 saturated carbocycles. The highest BCUT2D eigenvalue weighted by Gasteiger charge is 2.13. The minimum atomic E-state index is 0.525. The first-order valence-electron chi connectivity index (χ1n) is 9.66. The van der Waals surface area contributed by atoms with E-state index in [9.17, 15) is 0 Å². The first-order chi connectivity index (χ1) is 14.0. The van der Waals surface area contributed by atoms with Crippen LogP contribution in [0.2, 0.25) is 0 Å². The van der Waals surface area contributed by atoms with E-state index < -0.39 is 0 Å². The van der Waals surface area contributed by atoms with E-state index in [0.717, 1.165) is 33.0 Å². The van der Waals surface area contributed by atoms with E-state index in [1.807, 2.05) is 7.05 Å². The molecule has 0 saturated heterocycles. The van der Waals surface area contributed by atoms with Gasteiger partial charge in [-0.25, -0.2) is 4.98 Å². The summed E-state index contributed by atoms with van der Waals surface area (Å²) >= 11 is 3.36. The minimum absolute atomic E-state index is 0.525. The molecule has 4 aromatic rings. The second-order valence-corrected chi connectivity index (χ2v) is 9.19. The van der Waals surface area contributed by atoms with E-state index in [0.29, 0.717) is 5.92 Å². The van der Waals surface area contributed by atoms with E-state index in [1.54, 1.807) is 23.1 Å². The Morgan fingerprint density at radius 1 is 1.03 bits per heavy atom. The van der Waals surface area contributed by atoms with Crippen molar-refractivity contribution in [2.75, 3.05) is 0 Å². The monoisotopic (exact) mass is 420 g/mol. The molecule has 2 aromatic heterocycles. The van der Waals surface area contributed by atoms with Gasteiger partial charge in [0.15, 0.2) is 11.0 Å². The van der Waals surface area contributed by atoms with Crippen molar-refractivity contribution in [1.82, 2.24) is 19.7 Å². The summed E-state index contributed by atoms with van der Waals surface area (Å²) in [4.78, 5) is 4.82. The van der Waals surface area contributed by atoms with Crippen LogP contribution in [-0.4, -0.2) is 19.7 Å². The molecule has 0 aliphatic carbocycles. The normalized spacial score (nSPS) is 11.3. The van der Waals surface area contributed by atoms with Crippen LogP contribution in [0, 0.1) is 6.92 Å². The molecule has 2 aromatic carbocycles. The van der Waals surface area contributed by atoms with Crippen LogP contribution >= 0.6 is 23.1 Å². The van der Waals surface area contributed by atoms with Gasteiger partial charge in [0.25, 0.3) is 0 Å². The lowest BCUT2D eigenvalue weighted by Gasteiger charge is -2.07. The van der Waals surface area contributed by atoms with Gasteiger partial charge in [0.05, 0.1) is 5.69 Å². The van der Waals surface area contributed by atoms with Gasteiger partial charge in [0.1, 0.15) is 5.01 Å². The Balaban J connectivity index is 1.47. The summed E-state index contributed by atoms with van der Waals surface area (Å²) in [6, 6.07) is 17.0. The van der Waals surface area contributed by atoms with Crippen molar-refractivity contribution < 1.29 is 0 Å². The maximum absolute atomic E-state index is 4.82. The van der Waals surface area contributed by atoms with Gasteiger partial charge >= 0.3 is 0 Å². The number of aromatic nitrogens is 4. The Morgan fingerprint density at radius 2 is 1.79 bits per heavy atom. The second kappa shape index (κ2) is 8.51. The van der Waals surface area contributed by atoms with Gasteiger partial charge in [-0.1, -0.05) is 74.1 Å². The zero-order valence-corrected chi connectivity index (χ0v) is 18.7. The molecule has 0 amide bonds. The van der Waals surface area contributed by atoms with Crippen LogP contribution in [0.1, 0.15) is 36.6 Å². The summed E-state index contributed by atoms with van der Waals surface area (Å²) in [5.41, 5.74) is 5.95. The third-order valence-corrected chi connectivity index (χ3v) is 6.93. The van der Waals surface area contributed by atoms with Crippen LogP contribution in [-0.2, 0) is 12.8 Å². The molecular weight excluding hydrogens is 396 g/mol. The summed E-state index contributed by atoms with van der Waals surface area (Å²) in [5.74, 6) is 2.19. The Labute approximate surface area is 180 Å². The molecule has 0 aliphatic rings. The number of thioether (sulfide) groups is 1. The third kappa shape index (κ3) is 4.28. The Kier molecular flexibility index (Phi) is 5.83. The number of aryl methyl sites for hydroxylation is 1. The average Bonchev–Trinajstić information content (AvgIpc) is 3.33. The predicted molar refractivity (Wildman–Crippen MR) is 122 cm³/mol. The van der Waals surface area contributed by atoms with Crippen molar-refractivity contribution in [1.29, 1.82) is 0 Å². The largest absolute Gasteiger partial charge is 0.305 e. The fourth-order valence-corrected chi connectivity index (χ4v) is 4.98. The Morgan fingerprint density at radius 3 is 2.52 bits per heavy atom. The lowest BCUT2D eigenvalue weighted by molar-refractivity contribution is 0.793. The lowest BCUT2D eigenvalue weighted by atomic mass is 10.0. The molecule has 0 radical (unpaired) electrons. The smallest absolute Gasteiger partial charge is 0.191 e. The second-order valence-electron chi connectivity index (χ2n) is 7.39. The molecule has 0 aliphatic heterocycles. The molecule has 6 heteroatoms. The minimum Gasteiger partial charge on any atom is -0.305 e. The van der Waals surface area contributed by atoms with Crippen molar-refractivity contribution >= 4 is 23.1 Å². The van der Waals surface area contributed by atoms with E-state index >= 15 is 0 Å². The van der Waals surface area contributed by atoms with Gasteiger partial charge in [-0.05, 0) is 24.0 Å². The van der Waals surface area contributed by atoms with Crippen molar-refractivity contribution in [3.05, 3.63) is 70.7 Å². The summed E-state index contributed by atoms with van der Waals surface area (Å²) in [7, 11) is 2.02. The number of hydrogen-bond acceptors (Lipinski definition) is 5. The molecule has 0 unspecified atom stereocenters. The third-order valence-electron chi connectivity index (χ3n) is 4.95. The molecular formula is C23H24N4S2. The summed E-state index contributed by atoms with van der Waals surface area (Å²) in [5, 5.41) is 12.9. The maximum Gasteiger partial charge on any atom is 0.191 e. The highest BCUT2D eigenvalue weighted by atomic mass is 32.2. The molecule has 29 heavy (non-hydrogen) atoms. The van der Waals surface area contributed by atoms with Crippen LogP contribution in [0.15, 0.2) is 59.1 Å². The van der Waals surface area contributed by atoms with Crippen molar-refractivity contribution in [3.63, 3.8) is 0 Å². The summed E-state index contributed by atoms with van der Waals surface area (Å²) in [6.45, 7) is 6.53. The fraction of sp³-hybridized carbons (Fsp3) is 0.261. The van der Waals surface area contributed by atoms with Gasteiger partial charge in [0, 0.05) is 29.3 Å². The van der Waals surface area contributed by atoms with Crippen LogP contribution in [0.4, 0.5) is 0 Å². The lowest BCUT2D eigenvalue weighted by Crippen LogP contribution is -1.96. The van der Waals surface area contributed by atoms with E-state index in [-0.39, 0.29) is 0 Å². The fourth-order valence-electron chi connectivity index (χ4n) is 3.16. The SMILES string of the molecule is Cc1ccccc1-c1nc(CSc2nnc(-c3ccc(C(C)C)cc3)n2C)cs1. The number of hydrogen-bond donors (Lipinski definition) is 0. The van der Waals surface area contributed by atoms with E-state index in [2.05, 4.69) is 89.4 Å². The topological polar surface area (TPSA) is 43.6 Å². The molecule has 0 N–H and O–H groups in total. The highest BCUT2D eigenvalue weighted by molar-refractivity contribution is 7.98. The molecule has 0 fully saturated rings. The zero-order chi connectivity index (χ0) is 20.4. The molecule has 4 rings (SSSR count). The van der Waals surface area contributed by atoms with Crippen molar-refractivity contribution in [3.8, 4) is 22.0 Å². The first kappa shape index (κ1) is 19.9. The number of benzene rings is 2. The standard InChI is InChI=1S/C23H24N4S2/c1-15(2)17-9-11-18(12-10-17)21-25-26-23(27(21)4)29-14-19-13-28-22(24-19)20-8-6-5-7-16(20)3/h5-13,15H,14H2,1-4H3. The molecule has 0 atom stereocenters. The van der Waals surface area contributed by atoms with Gasteiger partial charge in [0.2, 0.25) is 0 Å². The Bertz CT molecular complexity index is 1110. The molecule has 2 heterocycles. The molecule has 4 nitrogen and oxygen atoms in total. The predicted octanol–water partition coefficient (Wildman–Crippen LogP) is 6.33. The Hall–Kier alpha value is -2.44. The van der Waals surface area contributed by atoms with Crippen LogP contribution in [0.25, 0.3) is 22.0 Å². The van der Waals surface area contributed by atoms with Crippen molar-refractivity contribution in [2.24, 2.45) is 7.05 Å². The number of thiazole rings is 1. The van der Waals surface area contributed by atoms with E-state index in [1.165, 1.54) is 16.7 Å². The van der Waals surface area contributed by atoms with Gasteiger partial charge in [-0.2, -0.15) is 0 Å². The molecule has 0 bridgehead atoms. The zero-order valence-electron chi connectivity index (χ0n) is 17.1. The maximum atomic E-state index is 4.82. The van der Waals surface area contributed by atoms with Gasteiger partial charge in [-0.3, -0.25) is 0 Å². The average molecular weight is 421 g/mol. The van der Waals surface area contributed by atoms with Crippen LogP contribution < -0.4 is 0 Å². The number of rotatable bonds is 6. The van der Waals surface area contributed by atoms with Crippen LogP contribution in [0.3, 0.4) is 0 Å².